The molecule has 3 saturated carbocycles. The Balaban J connectivity index is 1.10. The van der Waals surface area contributed by atoms with Crippen LogP contribution in [0.5, 0.6) is 5.75 Å². The largest absolute Gasteiger partial charge is 0.504 e. The number of fused-ring (bicyclic) bond motifs is 8. The van der Waals surface area contributed by atoms with Crippen molar-refractivity contribution in [1.82, 2.24) is 4.98 Å². The van der Waals surface area contributed by atoms with Gasteiger partial charge in [0.1, 0.15) is 19.0 Å². The Bertz CT molecular complexity index is 1780. The Morgan fingerprint density at radius 2 is 1.74 bits per heavy atom. The fourth-order valence-electron chi connectivity index (χ4n) is 10.2. The van der Waals surface area contributed by atoms with Crippen molar-refractivity contribution in [2.75, 3.05) is 13.2 Å². The summed E-state index contributed by atoms with van der Waals surface area (Å²) < 4.78 is 11.8. The van der Waals surface area contributed by atoms with Gasteiger partial charge in [-0.3, -0.25) is 14.6 Å². The summed E-state index contributed by atoms with van der Waals surface area (Å²) in [6.45, 7) is 14.1. The number of aromatic nitrogens is 1. The van der Waals surface area contributed by atoms with Crippen LogP contribution in [0.2, 0.25) is 0 Å². The van der Waals surface area contributed by atoms with E-state index >= 15 is 0 Å². The molecule has 0 unspecified atom stereocenters. The summed E-state index contributed by atoms with van der Waals surface area (Å²) in [6.07, 6.45) is 14.6. The van der Waals surface area contributed by atoms with Gasteiger partial charge in [0.25, 0.3) is 0 Å². The highest BCUT2D eigenvalue weighted by Gasteiger charge is 2.67. The molecule has 2 aromatic rings. The molecule has 0 bridgehead atoms. The first-order valence-electron chi connectivity index (χ1n) is 17.0. The number of ether oxygens (including phenoxy) is 2. The predicted molar refractivity (Wildman–Crippen MR) is 179 cm³/mol. The van der Waals surface area contributed by atoms with Crippen LogP contribution in [-0.4, -0.2) is 35.1 Å². The standard InChI is InChI=1S/C40H47NO5/c1-25-28-11-12-32-38(4,29(28)22-31(42)34(25)43)16-18-40(6)33-23-37(3,14-13-36(33,2)15-17-39(32,40)5)35(44)46-20-19-45-27-21-26-9-7-8-10-30(26)41-24-27/h7-12,21-22,24,33,43H,13-20,23H2,1-6H3/t33-,36-,37-,38+,39-,40+/m1/s1. The van der Waals surface area contributed by atoms with Gasteiger partial charge in [-0.2, -0.15) is 0 Å². The van der Waals surface area contributed by atoms with Gasteiger partial charge in [0, 0.05) is 16.4 Å². The second kappa shape index (κ2) is 10.4. The van der Waals surface area contributed by atoms with E-state index in [1.54, 1.807) is 12.3 Å². The van der Waals surface area contributed by atoms with Gasteiger partial charge in [0.15, 0.2) is 5.76 Å². The first kappa shape index (κ1) is 31.0. The second-order valence-corrected chi connectivity index (χ2v) is 16.0. The third-order valence-electron chi connectivity index (χ3n) is 13.5. The lowest BCUT2D eigenvalue weighted by atomic mass is 9.34. The van der Waals surface area contributed by atoms with Crippen LogP contribution in [0.15, 0.2) is 82.8 Å². The summed E-state index contributed by atoms with van der Waals surface area (Å²) in [5.74, 6) is 0.477. The van der Waals surface area contributed by atoms with Crippen molar-refractivity contribution in [1.29, 1.82) is 0 Å². The molecule has 3 fully saturated rings. The molecule has 0 radical (unpaired) electrons. The number of rotatable bonds is 5. The van der Waals surface area contributed by atoms with Crippen molar-refractivity contribution in [3.8, 4) is 5.75 Å². The Kier molecular flexibility index (Phi) is 7.01. The third-order valence-corrected chi connectivity index (χ3v) is 13.5. The molecule has 1 N–H and O–H groups in total. The van der Waals surface area contributed by atoms with E-state index in [1.165, 1.54) is 5.57 Å². The number of ketones is 1. The molecule has 7 rings (SSSR count). The Hall–Kier alpha value is -3.67. The first-order chi connectivity index (χ1) is 21.7. The van der Waals surface area contributed by atoms with Gasteiger partial charge in [-0.1, -0.05) is 63.6 Å². The average Bonchev–Trinajstić information content (AvgIpc) is 3.04. The quantitative estimate of drug-likeness (QED) is 0.265. The Morgan fingerprint density at radius 3 is 2.54 bits per heavy atom. The lowest BCUT2D eigenvalue weighted by Crippen LogP contribution is -2.62. The molecule has 6 nitrogen and oxygen atoms in total. The summed E-state index contributed by atoms with van der Waals surface area (Å²) >= 11 is 0. The molecular formula is C40H47NO5. The summed E-state index contributed by atoms with van der Waals surface area (Å²) in [7, 11) is 0. The Labute approximate surface area is 272 Å². The monoisotopic (exact) mass is 621 g/mol. The maximum absolute atomic E-state index is 13.8. The van der Waals surface area contributed by atoms with Crippen molar-refractivity contribution in [3.05, 3.63) is 82.8 Å². The smallest absolute Gasteiger partial charge is 0.311 e. The van der Waals surface area contributed by atoms with Crippen LogP contribution >= 0.6 is 0 Å². The zero-order chi connectivity index (χ0) is 32.7. The molecule has 0 spiro atoms. The lowest BCUT2D eigenvalue weighted by Gasteiger charge is -2.70. The van der Waals surface area contributed by atoms with E-state index in [-0.39, 0.29) is 52.4 Å². The number of carbonyl (C=O) groups excluding carboxylic acids is 2. The fourth-order valence-corrected chi connectivity index (χ4v) is 10.2. The van der Waals surface area contributed by atoms with Gasteiger partial charge >= 0.3 is 5.97 Å². The maximum Gasteiger partial charge on any atom is 0.311 e. The second-order valence-electron chi connectivity index (χ2n) is 16.0. The van der Waals surface area contributed by atoms with Crippen molar-refractivity contribution in [2.24, 2.45) is 33.0 Å². The van der Waals surface area contributed by atoms with Crippen LogP contribution in [0.4, 0.5) is 0 Å². The zero-order valence-corrected chi connectivity index (χ0v) is 28.2. The topological polar surface area (TPSA) is 85.7 Å². The number of allylic oxidation sites excluding steroid dienone is 7. The number of esters is 1. The first-order valence-corrected chi connectivity index (χ1v) is 17.0. The molecular weight excluding hydrogens is 574 g/mol. The average molecular weight is 622 g/mol. The molecule has 5 aliphatic carbocycles. The molecule has 1 aromatic heterocycles. The third kappa shape index (κ3) is 4.38. The Morgan fingerprint density at radius 1 is 0.978 bits per heavy atom. The van der Waals surface area contributed by atoms with Gasteiger partial charge in [-0.05, 0) is 110 Å². The van der Waals surface area contributed by atoms with Crippen LogP contribution in [-0.2, 0) is 14.3 Å². The van der Waals surface area contributed by atoms with Gasteiger partial charge in [0.2, 0.25) is 5.78 Å². The number of carbonyl (C=O) groups is 2. The predicted octanol–water partition coefficient (Wildman–Crippen LogP) is 8.78. The van der Waals surface area contributed by atoms with Crippen molar-refractivity contribution in [2.45, 2.75) is 86.5 Å². The highest BCUT2D eigenvalue weighted by atomic mass is 16.6. The summed E-state index contributed by atoms with van der Waals surface area (Å²) in [6, 6.07) is 9.89. The van der Waals surface area contributed by atoms with Crippen molar-refractivity contribution in [3.63, 3.8) is 0 Å². The molecule has 6 atom stereocenters. The molecule has 1 aromatic carbocycles. The maximum atomic E-state index is 13.8. The number of aliphatic hydroxyl groups is 1. The molecule has 5 aliphatic rings. The van der Waals surface area contributed by atoms with Gasteiger partial charge in [-0.25, -0.2) is 0 Å². The van der Waals surface area contributed by atoms with Gasteiger partial charge < -0.3 is 14.6 Å². The summed E-state index contributed by atoms with van der Waals surface area (Å²) in [4.78, 5) is 31.0. The van der Waals surface area contributed by atoms with Gasteiger partial charge in [0.05, 0.1) is 17.1 Å². The van der Waals surface area contributed by atoms with Crippen LogP contribution < -0.4 is 4.74 Å². The van der Waals surface area contributed by atoms with E-state index in [0.717, 1.165) is 67.0 Å². The number of aliphatic hydroxyl groups excluding tert-OH is 1. The van der Waals surface area contributed by atoms with E-state index in [4.69, 9.17) is 9.47 Å². The highest BCUT2D eigenvalue weighted by Crippen LogP contribution is 2.75. The summed E-state index contributed by atoms with van der Waals surface area (Å²) in [5, 5.41) is 11.4. The number of hydrogen-bond acceptors (Lipinski definition) is 6. The van der Waals surface area contributed by atoms with E-state index < -0.39 is 5.41 Å². The molecule has 0 amide bonds. The minimum atomic E-state index is -0.553. The highest BCUT2D eigenvalue weighted by molar-refractivity contribution is 6.06. The minimum Gasteiger partial charge on any atom is -0.504 e. The van der Waals surface area contributed by atoms with Crippen LogP contribution in [0.1, 0.15) is 86.5 Å². The number of para-hydroxylation sites is 1. The van der Waals surface area contributed by atoms with Crippen LogP contribution in [0.25, 0.3) is 10.9 Å². The summed E-state index contributed by atoms with van der Waals surface area (Å²) in [5.41, 5.74) is 4.29. The molecule has 0 saturated heterocycles. The lowest BCUT2D eigenvalue weighted by molar-refractivity contribution is -0.182. The molecule has 1 heterocycles. The molecule has 46 heavy (non-hydrogen) atoms. The number of hydrogen-bond donors (Lipinski definition) is 1. The van der Waals surface area contributed by atoms with E-state index in [9.17, 15) is 14.7 Å². The normalized spacial score (nSPS) is 36.8. The van der Waals surface area contributed by atoms with E-state index in [1.807, 2.05) is 37.3 Å². The molecule has 242 valence electrons. The minimum absolute atomic E-state index is 0.0168. The SMILES string of the molecule is CC1=C(O)C(=O)C=C2C1=CC=C1[C@@]2(C)CC[C@@]2(C)[C@@H]3C[C@](C)(C(=O)OCCOc4cnc5ccccc5c4)CC[C@]3(C)CC[C@]12C. The van der Waals surface area contributed by atoms with Gasteiger partial charge in [-0.15, -0.1) is 0 Å². The van der Waals surface area contributed by atoms with Crippen molar-refractivity contribution < 1.29 is 24.2 Å². The van der Waals surface area contributed by atoms with E-state index in [0.29, 0.717) is 17.2 Å². The molecule has 0 aliphatic heterocycles. The van der Waals surface area contributed by atoms with Crippen LogP contribution in [0.3, 0.4) is 0 Å². The van der Waals surface area contributed by atoms with E-state index in [2.05, 4.69) is 51.8 Å². The number of benzene rings is 1. The van der Waals surface area contributed by atoms with Crippen molar-refractivity contribution >= 4 is 22.7 Å². The number of nitrogens with zero attached hydrogens (tertiary/aromatic N) is 1. The number of pyridine rings is 1. The zero-order valence-electron chi connectivity index (χ0n) is 28.2. The fraction of sp³-hybridized carbons (Fsp3) is 0.525. The molecule has 6 heteroatoms. The van der Waals surface area contributed by atoms with Crippen LogP contribution in [0, 0.1) is 33.0 Å².